The topological polar surface area (TPSA) is 98.8 Å². The number of hydrogen-bond donors (Lipinski definition) is 1. The highest BCUT2D eigenvalue weighted by molar-refractivity contribution is 5.83. The Bertz CT molecular complexity index is 1860. The summed E-state index contributed by atoms with van der Waals surface area (Å²) in [6, 6.07) is 15.1. The molecule has 220 valence electrons. The maximum absolute atomic E-state index is 15.6. The molecule has 0 fully saturated rings. The third kappa shape index (κ3) is 5.36. The van der Waals surface area contributed by atoms with Crippen molar-refractivity contribution < 1.29 is 23.8 Å². The van der Waals surface area contributed by atoms with E-state index < -0.39 is 23.5 Å². The van der Waals surface area contributed by atoms with Gasteiger partial charge in [-0.1, -0.05) is 18.2 Å². The fourth-order valence-electron chi connectivity index (χ4n) is 5.74. The number of halogens is 1. The fraction of sp³-hybridized carbons (Fsp3) is 0.294. The molecule has 0 saturated heterocycles. The Morgan fingerprint density at radius 2 is 1.81 bits per heavy atom. The van der Waals surface area contributed by atoms with Gasteiger partial charge in [-0.05, 0) is 88.4 Å². The van der Waals surface area contributed by atoms with E-state index in [-0.39, 0.29) is 5.75 Å². The third-order valence-corrected chi connectivity index (χ3v) is 7.65. The van der Waals surface area contributed by atoms with E-state index in [4.69, 9.17) is 19.6 Å². The molecule has 5 aromatic rings. The average Bonchev–Trinajstić information content (AvgIpc) is 3.41. The van der Waals surface area contributed by atoms with Crippen LogP contribution in [0.3, 0.4) is 0 Å². The first-order valence-electron chi connectivity index (χ1n) is 14.3. The van der Waals surface area contributed by atoms with Gasteiger partial charge in [-0.15, -0.1) is 0 Å². The summed E-state index contributed by atoms with van der Waals surface area (Å²) < 4.78 is 29.0. The molecule has 1 unspecified atom stereocenters. The van der Waals surface area contributed by atoms with Crippen molar-refractivity contribution in [2.75, 3.05) is 6.61 Å². The summed E-state index contributed by atoms with van der Waals surface area (Å²) in [6.07, 6.45) is 3.54. The van der Waals surface area contributed by atoms with Gasteiger partial charge >= 0.3 is 5.97 Å². The lowest BCUT2D eigenvalue weighted by Crippen LogP contribution is -2.29. The number of aliphatic carboxylic acids is 1. The zero-order valence-electron chi connectivity index (χ0n) is 24.8. The van der Waals surface area contributed by atoms with Gasteiger partial charge in [0.1, 0.15) is 0 Å². The lowest BCUT2D eigenvalue weighted by molar-refractivity contribution is -0.160. The highest BCUT2D eigenvalue weighted by Gasteiger charge is 2.34. The quantitative estimate of drug-likeness (QED) is 0.228. The Morgan fingerprint density at radius 1 is 1.07 bits per heavy atom. The van der Waals surface area contributed by atoms with Gasteiger partial charge < -0.3 is 14.6 Å². The summed E-state index contributed by atoms with van der Waals surface area (Å²) in [5.74, 6) is -1.41. The van der Waals surface area contributed by atoms with Crippen LogP contribution >= 0.6 is 0 Å². The van der Waals surface area contributed by atoms with Crippen LogP contribution in [0.1, 0.15) is 55.7 Å². The molecule has 1 aliphatic rings. The summed E-state index contributed by atoms with van der Waals surface area (Å²) in [5.41, 5.74) is 6.56. The smallest absolute Gasteiger partial charge is 0.337 e. The van der Waals surface area contributed by atoms with E-state index >= 15 is 4.39 Å². The predicted molar refractivity (Wildman–Crippen MR) is 162 cm³/mol. The second-order valence-corrected chi connectivity index (χ2v) is 11.8. The largest absolute Gasteiger partial charge is 0.490 e. The molecule has 9 heteroatoms. The van der Waals surface area contributed by atoms with E-state index in [9.17, 15) is 9.90 Å². The Kier molecular flexibility index (Phi) is 7.22. The van der Waals surface area contributed by atoms with Crippen LogP contribution in [0.5, 0.6) is 5.75 Å². The van der Waals surface area contributed by atoms with Gasteiger partial charge in [-0.2, -0.15) is 5.10 Å². The van der Waals surface area contributed by atoms with E-state index in [0.29, 0.717) is 46.9 Å². The maximum atomic E-state index is 15.6. The zero-order chi connectivity index (χ0) is 30.5. The first-order valence-corrected chi connectivity index (χ1v) is 14.3. The van der Waals surface area contributed by atoms with Gasteiger partial charge in [-0.25, -0.2) is 18.7 Å². The number of ether oxygens (including phenoxy) is 2. The van der Waals surface area contributed by atoms with E-state index in [1.165, 1.54) is 6.07 Å². The van der Waals surface area contributed by atoms with Gasteiger partial charge in [0.05, 0.1) is 23.6 Å². The van der Waals surface area contributed by atoms with E-state index in [1.54, 1.807) is 44.6 Å². The summed E-state index contributed by atoms with van der Waals surface area (Å²) in [6.45, 7) is 9.52. The second kappa shape index (κ2) is 10.9. The summed E-state index contributed by atoms with van der Waals surface area (Å²) >= 11 is 0. The van der Waals surface area contributed by atoms with Crippen LogP contribution in [0.15, 0.2) is 60.9 Å². The van der Waals surface area contributed by atoms with Crippen molar-refractivity contribution in [3.8, 4) is 39.4 Å². The predicted octanol–water partition coefficient (Wildman–Crippen LogP) is 7.15. The van der Waals surface area contributed by atoms with Gasteiger partial charge in [0.15, 0.2) is 23.3 Å². The van der Waals surface area contributed by atoms with Crippen molar-refractivity contribution >= 4 is 11.6 Å². The summed E-state index contributed by atoms with van der Waals surface area (Å²) in [4.78, 5) is 21.7. The molecule has 0 spiro atoms. The molecule has 1 atom stereocenters. The second-order valence-electron chi connectivity index (χ2n) is 11.8. The van der Waals surface area contributed by atoms with Crippen molar-refractivity contribution in [2.45, 2.75) is 59.2 Å². The number of hydrogen-bond acceptors (Lipinski definition) is 6. The first-order chi connectivity index (χ1) is 20.5. The van der Waals surface area contributed by atoms with Crippen molar-refractivity contribution in [3.63, 3.8) is 0 Å². The normalized spacial score (nSPS) is 13.9. The van der Waals surface area contributed by atoms with Gasteiger partial charge in [-0.3, -0.25) is 4.98 Å². The molecule has 1 aliphatic heterocycles. The highest BCUT2D eigenvalue weighted by atomic mass is 19.1. The molecule has 0 bridgehead atoms. The standard InChI is InChI=1S/C34H33FN4O4/c1-19-24-10-7-15-42-31(24)26(35)17-25(19)30-29(32(33(40)41)43-34(3,4)5)20(2)37-28-18-27(38-39(28)30)23-9-6-8-22(16-23)21-11-13-36-14-12-21/h6,8-9,11-14,16-18,32H,7,10,15H2,1-5H3,(H,40,41). The van der Waals surface area contributed by atoms with E-state index in [1.807, 2.05) is 49.4 Å². The highest BCUT2D eigenvalue weighted by Crippen LogP contribution is 2.42. The van der Waals surface area contributed by atoms with Crippen LogP contribution in [-0.2, 0) is 16.0 Å². The molecule has 1 N–H and O–H groups in total. The molecule has 0 saturated carbocycles. The number of carboxylic acid groups (broad SMARTS) is 1. The lowest BCUT2D eigenvalue weighted by Gasteiger charge is -2.28. The molecular formula is C34H33FN4O4. The monoisotopic (exact) mass is 580 g/mol. The molecule has 0 aliphatic carbocycles. The molecule has 3 aromatic heterocycles. The number of aromatic nitrogens is 4. The molecule has 8 nitrogen and oxygen atoms in total. The minimum absolute atomic E-state index is 0.255. The van der Waals surface area contributed by atoms with Crippen LogP contribution in [0.25, 0.3) is 39.3 Å². The van der Waals surface area contributed by atoms with Crippen LogP contribution in [0.4, 0.5) is 4.39 Å². The van der Waals surface area contributed by atoms with Gasteiger partial charge in [0, 0.05) is 46.4 Å². The molecule has 2 aromatic carbocycles. The number of nitrogens with zero attached hydrogens (tertiary/aromatic N) is 4. The van der Waals surface area contributed by atoms with Crippen LogP contribution in [0, 0.1) is 19.7 Å². The minimum atomic E-state index is -1.37. The molecular weight excluding hydrogens is 547 g/mol. The Hall–Kier alpha value is -4.63. The van der Waals surface area contributed by atoms with Gasteiger partial charge in [0.2, 0.25) is 0 Å². The van der Waals surface area contributed by atoms with Crippen molar-refractivity contribution in [2.24, 2.45) is 0 Å². The lowest BCUT2D eigenvalue weighted by atomic mass is 9.91. The number of fused-ring (bicyclic) bond motifs is 2. The molecule has 43 heavy (non-hydrogen) atoms. The fourth-order valence-corrected chi connectivity index (χ4v) is 5.74. The number of aryl methyl sites for hydroxylation is 1. The van der Waals surface area contributed by atoms with Crippen LogP contribution in [-0.4, -0.2) is 42.9 Å². The first kappa shape index (κ1) is 28.5. The maximum Gasteiger partial charge on any atom is 0.337 e. The number of pyridine rings is 1. The third-order valence-electron chi connectivity index (χ3n) is 7.65. The SMILES string of the molecule is Cc1nc2cc(-c3cccc(-c4ccncc4)c3)nn2c(-c2cc(F)c3c(c2C)CCCO3)c1C(OC(C)(C)C)C(=O)O. The number of carboxylic acids is 1. The molecule has 0 radical (unpaired) electrons. The summed E-state index contributed by atoms with van der Waals surface area (Å²) in [7, 11) is 0. The minimum Gasteiger partial charge on any atom is -0.490 e. The molecule has 0 amide bonds. The molecule has 6 rings (SSSR count). The average molecular weight is 581 g/mol. The zero-order valence-corrected chi connectivity index (χ0v) is 24.8. The Balaban J connectivity index is 1.63. The van der Waals surface area contributed by atoms with Crippen LogP contribution in [0.2, 0.25) is 0 Å². The Morgan fingerprint density at radius 3 is 2.53 bits per heavy atom. The number of benzene rings is 2. The van der Waals surface area contributed by atoms with Crippen molar-refractivity contribution in [3.05, 3.63) is 89.1 Å². The van der Waals surface area contributed by atoms with Crippen molar-refractivity contribution in [1.29, 1.82) is 0 Å². The van der Waals surface area contributed by atoms with Crippen LogP contribution < -0.4 is 4.74 Å². The van der Waals surface area contributed by atoms with E-state index in [2.05, 4.69) is 4.98 Å². The van der Waals surface area contributed by atoms with E-state index in [0.717, 1.165) is 34.2 Å². The Labute approximate surface area is 249 Å². The number of rotatable bonds is 6. The van der Waals surface area contributed by atoms with Gasteiger partial charge in [0.25, 0.3) is 0 Å². The number of carbonyl (C=O) groups is 1. The summed E-state index contributed by atoms with van der Waals surface area (Å²) in [5, 5.41) is 15.4. The molecule has 4 heterocycles. The van der Waals surface area contributed by atoms with Crippen molar-refractivity contribution in [1.82, 2.24) is 19.6 Å².